The van der Waals surface area contributed by atoms with E-state index in [9.17, 15) is 0 Å². The standard InChI is InChI=1S/C19H16N2O/c1-12-7-9-14(10-8-12)19-16-6-4-3-5-15(16)18-13(2)22-21-17(18)11-20-19/h3-10H,11H2,1-2H3. The number of nitrogens with zero attached hydrogens (tertiary/aromatic N) is 2. The third kappa shape index (κ3) is 1.98. The molecule has 0 N–H and O–H groups in total. The van der Waals surface area contributed by atoms with Crippen LogP contribution in [0.3, 0.4) is 0 Å². The van der Waals surface area contributed by atoms with E-state index in [-0.39, 0.29) is 0 Å². The molecule has 3 aromatic rings. The molecule has 22 heavy (non-hydrogen) atoms. The number of benzene rings is 2. The van der Waals surface area contributed by atoms with Gasteiger partial charge < -0.3 is 4.52 Å². The first-order chi connectivity index (χ1) is 10.7. The lowest BCUT2D eigenvalue weighted by molar-refractivity contribution is 0.391. The van der Waals surface area contributed by atoms with Crippen LogP contribution in [0.15, 0.2) is 58.0 Å². The Balaban J connectivity index is 1.96. The Hall–Kier alpha value is -2.68. The first kappa shape index (κ1) is 13.0. The van der Waals surface area contributed by atoms with E-state index in [2.05, 4.69) is 54.5 Å². The Morgan fingerprint density at radius 2 is 1.64 bits per heavy atom. The Labute approximate surface area is 129 Å². The summed E-state index contributed by atoms with van der Waals surface area (Å²) in [7, 11) is 0. The molecular formula is C19H16N2O. The monoisotopic (exact) mass is 288 g/mol. The second-order valence-corrected chi connectivity index (χ2v) is 5.64. The zero-order valence-electron chi connectivity index (χ0n) is 12.6. The highest BCUT2D eigenvalue weighted by Crippen LogP contribution is 2.34. The molecule has 0 aliphatic carbocycles. The SMILES string of the molecule is Cc1ccc(C2=NCc3noc(C)c3-c3ccccc32)cc1. The predicted molar refractivity (Wildman–Crippen MR) is 87.2 cm³/mol. The van der Waals surface area contributed by atoms with Gasteiger partial charge in [0.2, 0.25) is 0 Å². The van der Waals surface area contributed by atoms with Gasteiger partial charge in [-0.2, -0.15) is 0 Å². The fraction of sp³-hybridized carbons (Fsp3) is 0.158. The van der Waals surface area contributed by atoms with Crippen LogP contribution >= 0.6 is 0 Å². The van der Waals surface area contributed by atoms with Gasteiger partial charge in [-0.25, -0.2) is 0 Å². The normalized spacial score (nSPS) is 13.1. The van der Waals surface area contributed by atoms with Crippen molar-refractivity contribution in [1.29, 1.82) is 0 Å². The van der Waals surface area contributed by atoms with E-state index in [0.29, 0.717) is 6.54 Å². The maximum atomic E-state index is 5.37. The zero-order valence-corrected chi connectivity index (χ0v) is 12.6. The van der Waals surface area contributed by atoms with Crippen LogP contribution in [0.25, 0.3) is 11.1 Å². The van der Waals surface area contributed by atoms with E-state index >= 15 is 0 Å². The quantitative estimate of drug-likeness (QED) is 0.669. The molecule has 0 unspecified atom stereocenters. The second kappa shape index (κ2) is 4.95. The third-order valence-corrected chi connectivity index (χ3v) is 4.10. The summed E-state index contributed by atoms with van der Waals surface area (Å²) >= 11 is 0. The number of rotatable bonds is 1. The fourth-order valence-electron chi connectivity index (χ4n) is 2.98. The molecule has 4 rings (SSSR count). The third-order valence-electron chi connectivity index (χ3n) is 4.10. The maximum Gasteiger partial charge on any atom is 0.141 e. The van der Waals surface area contributed by atoms with Crippen LogP contribution in [-0.2, 0) is 6.54 Å². The fourth-order valence-corrected chi connectivity index (χ4v) is 2.98. The number of aliphatic imine (C=N–C) groups is 1. The van der Waals surface area contributed by atoms with E-state index in [1.165, 1.54) is 5.56 Å². The average Bonchev–Trinajstić information content (AvgIpc) is 2.82. The van der Waals surface area contributed by atoms with E-state index in [1.54, 1.807) is 0 Å². The molecule has 0 radical (unpaired) electrons. The van der Waals surface area contributed by atoms with Crippen molar-refractivity contribution in [2.24, 2.45) is 4.99 Å². The van der Waals surface area contributed by atoms with Crippen LogP contribution in [0.5, 0.6) is 0 Å². The molecule has 108 valence electrons. The Bertz CT molecular complexity index is 873. The van der Waals surface area contributed by atoms with Gasteiger partial charge in [-0.1, -0.05) is 59.3 Å². The van der Waals surface area contributed by atoms with E-state index < -0.39 is 0 Å². The molecule has 0 amide bonds. The summed E-state index contributed by atoms with van der Waals surface area (Å²) in [6, 6.07) is 16.8. The first-order valence-electron chi connectivity index (χ1n) is 7.40. The molecule has 1 aliphatic heterocycles. The van der Waals surface area contributed by atoms with Crippen LogP contribution in [-0.4, -0.2) is 10.9 Å². The topological polar surface area (TPSA) is 38.4 Å². The second-order valence-electron chi connectivity index (χ2n) is 5.64. The smallest absolute Gasteiger partial charge is 0.141 e. The highest BCUT2D eigenvalue weighted by atomic mass is 16.5. The van der Waals surface area contributed by atoms with Crippen molar-refractivity contribution in [3.63, 3.8) is 0 Å². The highest BCUT2D eigenvalue weighted by molar-refractivity contribution is 6.17. The summed E-state index contributed by atoms with van der Waals surface area (Å²) in [5.41, 5.74) is 7.68. The molecule has 3 heteroatoms. The van der Waals surface area contributed by atoms with Crippen LogP contribution in [0.2, 0.25) is 0 Å². The molecule has 2 aromatic carbocycles. The average molecular weight is 288 g/mol. The van der Waals surface area contributed by atoms with Gasteiger partial charge in [-0.3, -0.25) is 4.99 Å². The van der Waals surface area contributed by atoms with E-state index in [0.717, 1.165) is 39.4 Å². The van der Waals surface area contributed by atoms with Crippen LogP contribution in [0.1, 0.15) is 28.1 Å². The largest absolute Gasteiger partial charge is 0.361 e. The molecule has 0 fully saturated rings. The summed E-state index contributed by atoms with van der Waals surface area (Å²) in [6.07, 6.45) is 0. The number of aryl methyl sites for hydroxylation is 2. The molecule has 0 atom stereocenters. The lowest BCUT2D eigenvalue weighted by Crippen LogP contribution is -2.04. The van der Waals surface area contributed by atoms with Crippen molar-refractivity contribution in [1.82, 2.24) is 5.16 Å². The van der Waals surface area contributed by atoms with Gasteiger partial charge in [0.25, 0.3) is 0 Å². The van der Waals surface area contributed by atoms with Gasteiger partial charge >= 0.3 is 0 Å². The maximum absolute atomic E-state index is 5.37. The predicted octanol–water partition coefficient (Wildman–Crippen LogP) is 4.31. The molecule has 2 heterocycles. The molecular weight excluding hydrogens is 272 g/mol. The van der Waals surface area contributed by atoms with Crippen molar-refractivity contribution in [3.8, 4) is 11.1 Å². The minimum Gasteiger partial charge on any atom is -0.361 e. The molecule has 3 nitrogen and oxygen atoms in total. The van der Waals surface area contributed by atoms with E-state index in [4.69, 9.17) is 9.52 Å². The van der Waals surface area contributed by atoms with Gasteiger partial charge in [-0.15, -0.1) is 0 Å². The minimum atomic E-state index is 0.546. The number of fused-ring (bicyclic) bond motifs is 3. The number of hydrogen-bond acceptors (Lipinski definition) is 3. The number of hydrogen-bond donors (Lipinski definition) is 0. The van der Waals surface area contributed by atoms with Gasteiger partial charge in [0.05, 0.1) is 17.8 Å². The first-order valence-corrected chi connectivity index (χ1v) is 7.40. The molecule has 0 saturated heterocycles. The number of aromatic nitrogens is 1. The Morgan fingerprint density at radius 3 is 2.41 bits per heavy atom. The van der Waals surface area contributed by atoms with Gasteiger partial charge in [-0.05, 0) is 19.4 Å². The van der Waals surface area contributed by atoms with Crippen LogP contribution in [0, 0.1) is 13.8 Å². The summed E-state index contributed by atoms with van der Waals surface area (Å²) in [5, 5.41) is 4.18. The Kier molecular flexibility index (Phi) is 2.93. The lowest BCUT2D eigenvalue weighted by atomic mass is 9.93. The lowest BCUT2D eigenvalue weighted by Gasteiger charge is -2.10. The molecule has 1 aliphatic rings. The Morgan fingerprint density at radius 1 is 0.909 bits per heavy atom. The summed E-state index contributed by atoms with van der Waals surface area (Å²) < 4.78 is 5.37. The summed E-state index contributed by atoms with van der Waals surface area (Å²) in [6.45, 7) is 4.60. The molecule has 0 spiro atoms. The molecule has 0 bridgehead atoms. The van der Waals surface area contributed by atoms with Crippen molar-refractivity contribution < 1.29 is 4.52 Å². The molecule has 1 aromatic heterocycles. The van der Waals surface area contributed by atoms with Gasteiger partial charge in [0.1, 0.15) is 11.5 Å². The van der Waals surface area contributed by atoms with Crippen molar-refractivity contribution in [3.05, 3.63) is 76.7 Å². The summed E-state index contributed by atoms with van der Waals surface area (Å²) in [4.78, 5) is 4.81. The minimum absolute atomic E-state index is 0.546. The highest BCUT2D eigenvalue weighted by Gasteiger charge is 2.23. The van der Waals surface area contributed by atoms with Crippen molar-refractivity contribution >= 4 is 5.71 Å². The van der Waals surface area contributed by atoms with Crippen molar-refractivity contribution in [2.75, 3.05) is 0 Å². The summed E-state index contributed by atoms with van der Waals surface area (Å²) in [5.74, 6) is 0.850. The zero-order chi connectivity index (χ0) is 15.1. The molecule has 0 saturated carbocycles. The van der Waals surface area contributed by atoms with Crippen LogP contribution < -0.4 is 0 Å². The van der Waals surface area contributed by atoms with Gasteiger partial charge in [0, 0.05) is 11.1 Å². The van der Waals surface area contributed by atoms with E-state index in [1.807, 2.05) is 13.0 Å². The van der Waals surface area contributed by atoms with Gasteiger partial charge in [0.15, 0.2) is 0 Å². The van der Waals surface area contributed by atoms with Crippen LogP contribution in [0.4, 0.5) is 0 Å². The van der Waals surface area contributed by atoms with Crippen molar-refractivity contribution in [2.45, 2.75) is 20.4 Å².